The normalized spacial score (nSPS) is 20.4. The molecule has 2 amide bonds. The Morgan fingerprint density at radius 1 is 0.868 bits per heavy atom. The van der Waals surface area contributed by atoms with Crippen molar-refractivity contribution in [2.75, 3.05) is 51.8 Å². The molecular weight excluding hydrogens is 502 g/mol. The summed E-state index contributed by atoms with van der Waals surface area (Å²) < 4.78 is 11.1. The first kappa shape index (κ1) is 24.6. The molecule has 3 aliphatic heterocycles. The highest BCUT2D eigenvalue weighted by molar-refractivity contribution is 6.30. The topological polar surface area (TPSA) is 62.3 Å². The van der Waals surface area contributed by atoms with E-state index in [1.54, 1.807) is 20.3 Å². The van der Waals surface area contributed by atoms with Gasteiger partial charge in [0.1, 0.15) is 0 Å². The van der Waals surface area contributed by atoms with Gasteiger partial charge in [-0.15, -0.1) is 0 Å². The van der Waals surface area contributed by atoms with E-state index in [1.807, 2.05) is 52.3 Å². The molecule has 2 atom stereocenters. The summed E-state index contributed by atoms with van der Waals surface area (Å²) in [5, 5.41) is 0.706. The van der Waals surface area contributed by atoms with Gasteiger partial charge in [0.05, 0.1) is 26.2 Å². The zero-order chi connectivity index (χ0) is 26.4. The first-order valence-electron chi connectivity index (χ1n) is 12.9. The average molecular weight is 532 g/mol. The number of halogens is 1. The Morgan fingerprint density at radius 2 is 1.55 bits per heavy atom. The van der Waals surface area contributed by atoms with Crippen molar-refractivity contribution in [2.24, 2.45) is 0 Å². The minimum Gasteiger partial charge on any atom is -0.493 e. The quantitative estimate of drug-likeness (QED) is 0.494. The van der Waals surface area contributed by atoms with E-state index in [9.17, 15) is 9.59 Å². The van der Waals surface area contributed by atoms with E-state index in [1.165, 1.54) is 5.56 Å². The number of carbonyl (C=O) groups is 2. The summed E-state index contributed by atoms with van der Waals surface area (Å²) in [5.41, 5.74) is 4.55. The summed E-state index contributed by atoms with van der Waals surface area (Å²) in [6, 6.07) is 19.2. The highest BCUT2D eigenvalue weighted by atomic mass is 35.5. The van der Waals surface area contributed by atoms with Crippen LogP contribution in [0.1, 0.15) is 39.0 Å². The predicted octanol–water partition coefficient (Wildman–Crippen LogP) is 4.54. The number of rotatable bonds is 4. The van der Waals surface area contributed by atoms with Crippen molar-refractivity contribution in [3.8, 4) is 11.5 Å². The molecule has 0 spiro atoms. The number of methoxy groups -OCH3 is 2. The van der Waals surface area contributed by atoms with Crippen LogP contribution in [0.3, 0.4) is 0 Å². The summed E-state index contributed by atoms with van der Waals surface area (Å²) in [4.78, 5) is 34.3. The number of benzene rings is 3. The van der Waals surface area contributed by atoms with Crippen LogP contribution in [-0.4, -0.2) is 68.6 Å². The number of ether oxygens (including phenoxy) is 2. The van der Waals surface area contributed by atoms with E-state index in [0.29, 0.717) is 47.3 Å². The molecule has 2 unspecified atom stereocenters. The third kappa shape index (κ3) is 4.06. The summed E-state index contributed by atoms with van der Waals surface area (Å²) in [6.45, 7) is 3.22. The molecule has 1 saturated heterocycles. The number of piperazine rings is 1. The summed E-state index contributed by atoms with van der Waals surface area (Å²) in [7, 11) is 3.13. The van der Waals surface area contributed by atoms with Gasteiger partial charge in [-0.1, -0.05) is 35.9 Å². The molecule has 0 saturated carbocycles. The Labute approximate surface area is 227 Å². The second-order valence-corrected chi connectivity index (χ2v) is 10.4. The third-order valence-corrected chi connectivity index (χ3v) is 8.33. The second kappa shape index (κ2) is 9.87. The van der Waals surface area contributed by atoms with Crippen LogP contribution in [-0.2, 0) is 11.2 Å². The van der Waals surface area contributed by atoms with Crippen molar-refractivity contribution in [1.29, 1.82) is 0 Å². The number of hydrogen-bond acceptors (Lipinski definition) is 5. The van der Waals surface area contributed by atoms with E-state index < -0.39 is 5.92 Å². The lowest BCUT2D eigenvalue weighted by Gasteiger charge is -2.47. The van der Waals surface area contributed by atoms with E-state index in [2.05, 4.69) is 17.0 Å². The molecule has 196 valence electrons. The lowest BCUT2D eigenvalue weighted by atomic mass is 9.75. The van der Waals surface area contributed by atoms with Gasteiger partial charge in [-0.3, -0.25) is 9.59 Å². The van der Waals surface area contributed by atoms with Gasteiger partial charge in [-0.05, 0) is 59.5 Å². The Balaban J connectivity index is 1.38. The third-order valence-electron chi connectivity index (χ3n) is 8.08. The highest BCUT2D eigenvalue weighted by Crippen LogP contribution is 2.49. The predicted molar refractivity (Wildman–Crippen MR) is 146 cm³/mol. The van der Waals surface area contributed by atoms with Crippen molar-refractivity contribution >= 4 is 29.1 Å². The van der Waals surface area contributed by atoms with Crippen LogP contribution in [0.5, 0.6) is 11.5 Å². The summed E-state index contributed by atoms with van der Waals surface area (Å²) >= 11 is 6.07. The average Bonchev–Trinajstić information content (AvgIpc) is 2.97. The smallest absolute Gasteiger partial charge is 0.254 e. The molecule has 3 aliphatic rings. The first-order chi connectivity index (χ1) is 18.5. The molecule has 0 bridgehead atoms. The lowest BCUT2D eigenvalue weighted by molar-refractivity contribution is -0.135. The number of fused-ring (bicyclic) bond motifs is 4. The fourth-order valence-electron chi connectivity index (χ4n) is 6.15. The van der Waals surface area contributed by atoms with Gasteiger partial charge in [0.25, 0.3) is 5.91 Å². The molecule has 8 heteroatoms. The molecule has 7 nitrogen and oxygen atoms in total. The highest BCUT2D eigenvalue weighted by Gasteiger charge is 2.48. The van der Waals surface area contributed by atoms with Gasteiger partial charge in [0, 0.05) is 49.0 Å². The van der Waals surface area contributed by atoms with Gasteiger partial charge in [-0.25, -0.2) is 0 Å². The Morgan fingerprint density at radius 3 is 2.26 bits per heavy atom. The second-order valence-electron chi connectivity index (χ2n) is 9.95. The van der Waals surface area contributed by atoms with Crippen molar-refractivity contribution < 1.29 is 19.1 Å². The maximum Gasteiger partial charge on any atom is 0.254 e. The summed E-state index contributed by atoms with van der Waals surface area (Å²) in [6.07, 6.45) is 0.766. The van der Waals surface area contributed by atoms with Crippen LogP contribution in [0.4, 0.5) is 5.69 Å². The van der Waals surface area contributed by atoms with Crippen LogP contribution < -0.4 is 14.4 Å². The number of anilines is 1. The summed E-state index contributed by atoms with van der Waals surface area (Å²) in [5.74, 6) is 0.428. The van der Waals surface area contributed by atoms with Crippen molar-refractivity contribution in [1.82, 2.24) is 9.80 Å². The van der Waals surface area contributed by atoms with Crippen LogP contribution in [0.15, 0.2) is 60.7 Å². The van der Waals surface area contributed by atoms with E-state index in [4.69, 9.17) is 21.1 Å². The minimum atomic E-state index is -0.536. The van der Waals surface area contributed by atoms with E-state index in [-0.39, 0.29) is 17.9 Å². The van der Waals surface area contributed by atoms with Gasteiger partial charge >= 0.3 is 0 Å². The lowest BCUT2D eigenvalue weighted by Crippen LogP contribution is -2.54. The van der Waals surface area contributed by atoms with Gasteiger partial charge in [-0.2, -0.15) is 0 Å². The van der Waals surface area contributed by atoms with Crippen molar-refractivity contribution in [3.63, 3.8) is 0 Å². The zero-order valence-corrected chi connectivity index (χ0v) is 22.3. The molecule has 3 heterocycles. The Kier molecular flexibility index (Phi) is 6.40. The molecule has 38 heavy (non-hydrogen) atoms. The molecule has 0 radical (unpaired) electrons. The number of hydrogen-bond donors (Lipinski definition) is 0. The minimum absolute atomic E-state index is 0.0356. The van der Waals surface area contributed by atoms with Crippen LogP contribution >= 0.6 is 11.6 Å². The van der Waals surface area contributed by atoms with Gasteiger partial charge < -0.3 is 24.2 Å². The maximum absolute atomic E-state index is 14.4. The molecule has 0 aromatic heterocycles. The van der Waals surface area contributed by atoms with Crippen molar-refractivity contribution in [2.45, 2.75) is 18.4 Å². The molecule has 3 aromatic rings. The molecule has 0 aliphatic carbocycles. The van der Waals surface area contributed by atoms with Gasteiger partial charge in [0.2, 0.25) is 5.91 Å². The van der Waals surface area contributed by atoms with E-state index >= 15 is 0 Å². The molecule has 1 fully saturated rings. The number of carbonyl (C=O) groups excluding carboxylic acids is 2. The van der Waals surface area contributed by atoms with Crippen LogP contribution in [0.2, 0.25) is 5.02 Å². The molecule has 6 rings (SSSR count). The fourth-order valence-corrected chi connectivity index (χ4v) is 6.28. The first-order valence-corrected chi connectivity index (χ1v) is 13.3. The monoisotopic (exact) mass is 531 g/mol. The Bertz CT molecular complexity index is 1380. The SMILES string of the molecule is COc1cc2c(cc1OC)C(C(=O)N1CCN(c3ccc(Cl)cc3)CC1)C1c3ccccc3CCN1C2=O. The van der Waals surface area contributed by atoms with Crippen LogP contribution in [0.25, 0.3) is 0 Å². The largest absolute Gasteiger partial charge is 0.493 e. The van der Waals surface area contributed by atoms with E-state index in [0.717, 1.165) is 30.8 Å². The number of amides is 2. The maximum atomic E-state index is 14.4. The van der Waals surface area contributed by atoms with Crippen molar-refractivity contribution in [3.05, 3.63) is 87.9 Å². The molecule has 3 aromatic carbocycles. The number of nitrogens with zero attached hydrogens (tertiary/aromatic N) is 3. The molecular formula is C30H30ClN3O4. The fraction of sp³-hybridized carbons (Fsp3) is 0.333. The molecule has 0 N–H and O–H groups in total. The van der Waals surface area contributed by atoms with Gasteiger partial charge in [0.15, 0.2) is 11.5 Å². The van der Waals surface area contributed by atoms with Crippen LogP contribution in [0, 0.1) is 0 Å². The standard InChI is InChI=1S/C30H30ClN3O4/c1-37-25-17-23-24(18-26(25)38-2)29(35)34-12-11-19-5-3-4-6-22(19)28(34)27(23)30(36)33-15-13-32(14-16-33)21-9-7-20(31)8-10-21/h3-10,17-18,27-28H,11-16H2,1-2H3. The Hall–Kier alpha value is -3.71. The zero-order valence-electron chi connectivity index (χ0n) is 21.5.